The monoisotopic (exact) mass is 272 g/mol. The molecule has 1 N–H and O–H groups in total. The largest absolute Gasteiger partial charge is 0.311 e. The van der Waals surface area contributed by atoms with E-state index < -0.39 is 0 Å². The van der Waals surface area contributed by atoms with Crippen molar-refractivity contribution in [1.29, 1.82) is 0 Å². The fraction of sp³-hybridized carbons (Fsp3) is 0.667. The Morgan fingerprint density at radius 2 is 1.80 bits per heavy atom. The van der Waals surface area contributed by atoms with Crippen molar-refractivity contribution in [3.63, 3.8) is 0 Å². The Labute approximate surface area is 123 Å². The molecule has 1 heterocycles. The smallest absolute Gasteiger partial charge is 0.00940 e. The normalized spacial score (nSPS) is 22.9. The molecule has 2 heteroatoms. The van der Waals surface area contributed by atoms with Crippen LogP contribution in [0.25, 0.3) is 0 Å². The van der Waals surface area contributed by atoms with Gasteiger partial charge in [0, 0.05) is 18.6 Å². The van der Waals surface area contributed by atoms with Crippen LogP contribution in [0.3, 0.4) is 0 Å². The van der Waals surface area contributed by atoms with Gasteiger partial charge in [-0.25, -0.2) is 0 Å². The van der Waals surface area contributed by atoms with E-state index in [0.29, 0.717) is 0 Å². The topological polar surface area (TPSA) is 15.3 Å². The van der Waals surface area contributed by atoms with Gasteiger partial charge in [-0.2, -0.15) is 0 Å². The van der Waals surface area contributed by atoms with Gasteiger partial charge in [0.2, 0.25) is 0 Å². The molecule has 0 spiro atoms. The fourth-order valence-electron chi connectivity index (χ4n) is 3.36. The molecule has 3 rings (SSSR count). The van der Waals surface area contributed by atoms with Crippen molar-refractivity contribution in [2.75, 3.05) is 19.6 Å². The Morgan fingerprint density at radius 1 is 1.10 bits per heavy atom. The van der Waals surface area contributed by atoms with E-state index in [1.165, 1.54) is 57.3 Å². The summed E-state index contributed by atoms with van der Waals surface area (Å²) in [6, 6.07) is 12.4. The molecular weight excluding hydrogens is 244 g/mol. The van der Waals surface area contributed by atoms with Crippen LogP contribution < -0.4 is 5.32 Å². The molecule has 1 unspecified atom stereocenters. The van der Waals surface area contributed by atoms with Crippen LogP contribution in [0.15, 0.2) is 30.3 Å². The van der Waals surface area contributed by atoms with Crippen molar-refractivity contribution < 1.29 is 0 Å². The van der Waals surface area contributed by atoms with Crippen LogP contribution in [0.2, 0.25) is 0 Å². The molecule has 0 bridgehead atoms. The zero-order valence-electron chi connectivity index (χ0n) is 12.7. The van der Waals surface area contributed by atoms with Gasteiger partial charge in [-0.15, -0.1) is 0 Å². The molecule has 1 aromatic rings. The average Bonchev–Trinajstić information content (AvgIpc) is 3.32. The van der Waals surface area contributed by atoms with Gasteiger partial charge in [0.05, 0.1) is 0 Å². The number of piperidine rings is 1. The van der Waals surface area contributed by atoms with Crippen molar-refractivity contribution in [1.82, 2.24) is 10.2 Å². The first-order chi connectivity index (χ1) is 9.81. The first kappa shape index (κ1) is 14.1. The van der Waals surface area contributed by atoms with Crippen molar-refractivity contribution in [3.8, 4) is 0 Å². The first-order valence-corrected chi connectivity index (χ1v) is 8.33. The van der Waals surface area contributed by atoms with Crippen molar-refractivity contribution in [2.24, 2.45) is 5.92 Å². The highest BCUT2D eigenvalue weighted by Crippen LogP contribution is 2.32. The highest BCUT2D eigenvalue weighted by Gasteiger charge is 2.30. The molecule has 20 heavy (non-hydrogen) atoms. The number of benzene rings is 1. The molecule has 1 aliphatic carbocycles. The van der Waals surface area contributed by atoms with Gasteiger partial charge in [0.25, 0.3) is 0 Å². The maximum absolute atomic E-state index is 3.85. The van der Waals surface area contributed by atoms with E-state index in [1.807, 2.05) is 0 Å². The van der Waals surface area contributed by atoms with Gasteiger partial charge in [-0.1, -0.05) is 30.3 Å². The standard InChI is InChI=1S/C18H28N2/c1-15(17-7-8-17)19-18-10-13-20(14-11-18)12-9-16-5-3-2-4-6-16/h2-6,15,17-19H,7-14H2,1H3. The second kappa shape index (κ2) is 6.73. The van der Waals surface area contributed by atoms with Crippen molar-refractivity contribution in [2.45, 2.75) is 51.1 Å². The molecule has 1 saturated carbocycles. The van der Waals surface area contributed by atoms with Crippen molar-refractivity contribution >= 4 is 0 Å². The maximum Gasteiger partial charge on any atom is 0.00940 e. The molecule has 2 aliphatic rings. The van der Waals surface area contributed by atoms with Crippen LogP contribution in [0.1, 0.15) is 38.2 Å². The summed E-state index contributed by atoms with van der Waals surface area (Å²) in [5.74, 6) is 0.978. The summed E-state index contributed by atoms with van der Waals surface area (Å²) in [6.07, 6.45) is 6.74. The lowest BCUT2D eigenvalue weighted by Gasteiger charge is -2.34. The summed E-state index contributed by atoms with van der Waals surface area (Å²) < 4.78 is 0. The lowest BCUT2D eigenvalue weighted by Crippen LogP contribution is -2.46. The molecule has 1 aliphatic heterocycles. The van der Waals surface area contributed by atoms with Crippen LogP contribution in [0.4, 0.5) is 0 Å². The number of hydrogen-bond acceptors (Lipinski definition) is 2. The Kier molecular flexibility index (Phi) is 4.74. The summed E-state index contributed by atoms with van der Waals surface area (Å²) in [5.41, 5.74) is 1.47. The van der Waals surface area contributed by atoms with Gasteiger partial charge >= 0.3 is 0 Å². The highest BCUT2D eigenvalue weighted by atomic mass is 15.1. The molecule has 1 saturated heterocycles. The second-order valence-electron chi connectivity index (χ2n) is 6.64. The molecule has 110 valence electrons. The fourth-order valence-corrected chi connectivity index (χ4v) is 3.36. The maximum atomic E-state index is 3.85. The summed E-state index contributed by atoms with van der Waals surface area (Å²) in [5, 5.41) is 3.85. The van der Waals surface area contributed by atoms with Crippen LogP contribution in [0, 0.1) is 5.92 Å². The van der Waals surface area contributed by atoms with Crippen LogP contribution in [0.5, 0.6) is 0 Å². The molecule has 0 aromatic heterocycles. The summed E-state index contributed by atoms with van der Waals surface area (Å²) in [7, 11) is 0. The molecule has 0 radical (unpaired) electrons. The molecule has 1 atom stereocenters. The number of likely N-dealkylation sites (tertiary alicyclic amines) is 1. The van der Waals surface area contributed by atoms with E-state index in [9.17, 15) is 0 Å². The van der Waals surface area contributed by atoms with Gasteiger partial charge in [-0.05, 0) is 63.6 Å². The highest BCUT2D eigenvalue weighted by molar-refractivity contribution is 5.14. The van der Waals surface area contributed by atoms with Crippen LogP contribution >= 0.6 is 0 Å². The van der Waals surface area contributed by atoms with Crippen molar-refractivity contribution in [3.05, 3.63) is 35.9 Å². The van der Waals surface area contributed by atoms with E-state index in [4.69, 9.17) is 0 Å². The quantitative estimate of drug-likeness (QED) is 0.856. The Bertz CT molecular complexity index is 391. The van der Waals surface area contributed by atoms with Crippen LogP contribution in [-0.4, -0.2) is 36.6 Å². The number of nitrogens with zero attached hydrogens (tertiary/aromatic N) is 1. The lowest BCUT2D eigenvalue weighted by molar-refractivity contribution is 0.191. The third-order valence-corrected chi connectivity index (χ3v) is 4.97. The molecule has 0 amide bonds. The van der Waals surface area contributed by atoms with Gasteiger partial charge in [-0.3, -0.25) is 0 Å². The Hall–Kier alpha value is -0.860. The van der Waals surface area contributed by atoms with Gasteiger partial charge in [0.1, 0.15) is 0 Å². The third kappa shape index (κ3) is 4.07. The van der Waals surface area contributed by atoms with E-state index in [-0.39, 0.29) is 0 Å². The lowest BCUT2D eigenvalue weighted by atomic mass is 10.0. The zero-order chi connectivity index (χ0) is 13.8. The van der Waals surface area contributed by atoms with Gasteiger partial charge < -0.3 is 10.2 Å². The minimum atomic E-state index is 0.746. The van der Waals surface area contributed by atoms with Gasteiger partial charge in [0.15, 0.2) is 0 Å². The summed E-state index contributed by atoms with van der Waals surface area (Å²) >= 11 is 0. The zero-order valence-corrected chi connectivity index (χ0v) is 12.7. The predicted molar refractivity (Wildman–Crippen MR) is 84.9 cm³/mol. The van der Waals surface area contributed by atoms with Crippen LogP contribution in [-0.2, 0) is 6.42 Å². The first-order valence-electron chi connectivity index (χ1n) is 8.33. The number of nitrogens with one attached hydrogen (secondary N) is 1. The summed E-state index contributed by atoms with van der Waals surface area (Å²) in [4.78, 5) is 2.63. The Balaban J connectivity index is 1.35. The second-order valence-corrected chi connectivity index (χ2v) is 6.64. The number of hydrogen-bond donors (Lipinski definition) is 1. The van der Waals surface area contributed by atoms with E-state index in [2.05, 4.69) is 47.5 Å². The summed E-state index contributed by atoms with van der Waals surface area (Å²) in [6.45, 7) is 6.12. The Morgan fingerprint density at radius 3 is 2.45 bits per heavy atom. The minimum absolute atomic E-state index is 0.746. The molecular formula is C18H28N2. The SMILES string of the molecule is CC(NC1CCN(CCc2ccccc2)CC1)C1CC1. The molecule has 1 aromatic carbocycles. The van der Waals surface area contributed by atoms with E-state index in [0.717, 1.165) is 18.0 Å². The predicted octanol–water partition coefficient (Wildman–Crippen LogP) is 3.08. The minimum Gasteiger partial charge on any atom is -0.311 e. The van der Waals surface area contributed by atoms with E-state index >= 15 is 0 Å². The average molecular weight is 272 g/mol. The van der Waals surface area contributed by atoms with E-state index in [1.54, 1.807) is 0 Å². The molecule has 2 fully saturated rings. The molecule has 2 nitrogen and oxygen atoms in total. The number of rotatable bonds is 6. The third-order valence-electron chi connectivity index (χ3n) is 4.97.